The number of hydrogen-bond donors (Lipinski definition) is 1. The summed E-state index contributed by atoms with van der Waals surface area (Å²) in [5, 5.41) is 2.92. The van der Waals surface area contributed by atoms with E-state index in [4.69, 9.17) is 14.2 Å². The summed E-state index contributed by atoms with van der Waals surface area (Å²) in [6.07, 6.45) is 0. The minimum atomic E-state index is -0.146. The van der Waals surface area contributed by atoms with Crippen molar-refractivity contribution in [1.29, 1.82) is 0 Å². The van der Waals surface area contributed by atoms with E-state index >= 15 is 0 Å². The Bertz CT molecular complexity index is 894. The van der Waals surface area contributed by atoms with Gasteiger partial charge < -0.3 is 29.3 Å². The number of ether oxygens (including phenoxy) is 3. The van der Waals surface area contributed by atoms with Crippen LogP contribution in [0.15, 0.2) is 42.5 Å². The minimum Gasteiger partial charge on any atom is -0.497 e. The van der Waals surface area contributed by atoms with E-state index in [1.165, 1.54) is 7.11 Å². The van der Waals surface area contributed by atoms with E-state index in [2.05, 4.69) is 5.32 Å². The van der Waals surface area contributed by atoms with Crippen molar-refractivity contribution >= 4 is 11.9 Å². The molecule has 1 saturated heterocycles. The van der Waals surface area contributed by atoms with Crippen LogP contribution in [-0.2, 0) is 6.54 Å². The Labute approximate surface area is 176 Å². The molecule has 1 aliphatic heterocycles. The normalized spacial score (nSPS) is 13.6. The first-order chi connectivity index (χ1) is 14.5. The Morgan fingerprint density at radius 1 is 0.867 bits per heavy atom. The van der Waals surface area contributed by atoms with Crippen molar-refractivity contribution in [2.45, 2.75) is 6.54 Å². The quantitative estimate of drug-likeness (QED) is 0.787. The van der Waals surface area contributed by atoms with E-state index in [0.29, 0.717) is 49.8 Å². The molecule has 0 aliphatic carbocycles. The Kier molecular flexibility index (Phi) is 7.00. The van der Waals surface area contributed by atoms with Crippen molar-refractivity contribution < 1.29 is 23.8 Å². The highest BCUT2D eigenvalue weighted by Gasteiger charge is 2.26. The third-order valence-electron chi connectivity index (χ3n) is 5.07. The first kappa shape index (κ1) is 21.3. The van der Waals surface area contributed by atoms with Gasteiger partial charge in [-0.15, -0.1) is 0 Å². The van der Waals surface area contributed by atoms with Gasteiger partial charge in [-0.2, -0.15) is 0 Å². The highest BCUT2D eigenvalue weighted by atomic mass is 16.5. The molecule has 30 heavy (non-hydrogen) atoms. The lowest BCUT2D eigenvalue weighted by atomic mass is 10.1. The molecule has 0 saturated carbocycles. The summed E-state index contributed by atoms with van der Waals surface area (Å²) in [4.78, 5) is 28.8. The molecule has 0 unspecified atom stereocenters. The first-order valence-electron chi connectivity index (χ1n) is 9.72. The summed E-state index contributed by atoms with van der Waals surface area (Å²) in [6, 6.07) is 12.5. The van der Waals surface area contributed by atoms with Gasteiger partial charge in [0, 0.05) is 38.8 Å². The molecule has 2 aromatic rings. The van der Waals surface area contributed by atoms with Crippen molar-refractivity contribution in [3.8, 4) is 17.2 Å². The third kappa shape index (κ3) is 4.94. The largest absolute Gasteiger partial charge is 0.497 e. The molecule has 1 N–H and O–H groups in total. The van der Waals surface area contributed by atoms with Gasteiger partial charge in [-0.05, 0) is 29.8 Å². The standard InChI is InChI=1S/C22H27N3O5/c1-28-17-6-4-5-16(13-17)15-23-22(27)25-11-9-24(10-12-25)21(26)19-8-7-18(29-2)14-20(19)30-3/h4-8,13-14H,9-12,15H2,1-3H3,(H,23,27). The number of hydrogen-bond acceptors (Lipinski definition) is 5. The van der Waals surface area contributed by atoms with Crippen LogP contribution in [0.5, 0.6) is 17.2 Å². The second kappa shape index (κ2) is 9.87. The smallest absolute Gasteiger partial charge is 0.317 e. The van der Waals surface area contributed by atoms with Gasteiger partial charge >= 0.3 is 6.03 Å². The number of methoxy groups -OCH3 is 3. The molecule has 2 aromatic carbocycles. The van der Waals surface area contributed by atoms with E-state index < -0.39 is 0 Å². The van der Waals surface area contributed by atoms with Crippen LogP contribution in [-0.4, -0.2) is 69.2 Å². The van der Waals surface area contributed by atoms with E-state index in [1.807, 2.05) is 24.3 Å². The number of carbonyl (C=O) groups excluding carboxylic acids is 2. The van der Waals surface area contributed by atoms with Gasteiger partial charge in [0.1, 0.15) is 17.2 Å². The fraction of sp³-hybridized carbons (Fsp3) is 0.364. The van der Waals surface area contributed by atoms with Gasteiger partial charge in [-0.25, -0.2) is 4.79 Å². The summed E-state index contributed by atoms with van der Waals surface area (Å²) < 4.78 is 15.7. The zero-order valence-electron chi connectivity index (χ0n) is 17.5. The average molecular weight is 413 g/mol. The van der Waals surface area contributed by atoms with E-state index in [9.17, 15) is 9.59 Å². The SMILES string of the molecule is COc1cccc(CNC(=O)N2CCN(C(=O)c3ccc(OC)cc3OC)CC2)c1. The second-order valence-corrected chi connectivity index (χ2v) is 6.86. The summed E-state index contributed by atoms with van der Waals surface area (Å²) in [6.45, 7) is 2.27. The summed E-state index contributed by atoms with van der Waals surface area (Å²) in [5.41, 5.74) is 1.44. The van der Waals surface area contributed by atoms with Crippen molar-refractivity contribution in [3.63, 3.8) is 0 Å². The predicted molar refractivity (Wildman–Crippen MR) is 112 cm³/mol. The third-order valence-corrected chi connectivity index (χ3v) is 5.07. The number of piperazine rings is 1. The molecule has 1 aliphatic rings. The summed E-state index contributed by atoms with van der Waals surface area (Å²) in [5.74, 6) is 1.73. The molecule has 1 heterocycles. The number of carbonyl (C=O) groups is 2. The predicted octanol–water partition coefficient (Wildman–Crippen LogP) is 2.38. The molecule has 0 bridgehead atoms. The maximum Gasteiger partial charge on any atom is 0.317 e. The van der Waals surface area contributed by atoms with Gasteiger partial charge in [-0.1, -0.05) is 12.1 Å². The van der Waals surface area contributed by atoms with E-state index in [0.717, 1.165) is 11.3 Å². The van der Waals surface area contributed by atoms with Crippen LogP contribution in [0.25, 0.3) is 0 Å². The van der Waals surface area contributed by atoms with E-state index in [1.54, 1.807) is 42.2 Å². The zero-order chi connectivity index (χ0) is 21.5. The zero-order valence-corrected chi connectivity index (χ0v) is 17.5. The van der Waals surface area contributed by atoms with Gasteiger partial charge in [0.05, 0.1) is 26.9 Å². The van der Waals surface area contributed by atoms with Crippen LogP contribution in [0, 0.1) is 0 Å². The van der Waals surface area contributed by atoms with Crippen molar-refractivity contribution in [1.82, 2.24) is 15.1 Å². The van der Waals surface area contributed by atoms with Crippen LogP contribution in [0.1, 0.15) is 15.9 Å². The first-order valence-corrected chi connectivity index (χ1v) is 9.72. The van der Waals surface area contributed by atoms with Gasteiger partial charge in [0.25, 0.3) is 5.91 Å². The van der Waals surface area contributed by atoms with Crippen LogP contribution >= 0.6 is 0 Å². The number of amides is 3. The lowest BCUT2D eigenvalue weighted by Crippen LogP contribution is -2.53. The molecular weight excluding hydrogens is 386 g/mol. The maximum absolute atomic E-state index is 12.9. The van der Waals surface area contributed by atoms with Crippen LogP contribution in [0.4, 0.5) is 4.79 Å². The molecule has 8 heteroatoms. The topological polar surface area (TPSA) is 80.3 Å². The Morgan fingerprint density at radius 3 is 2.20 bits per heavy atom. The van der Waals surface area contributed by atoms with E-state index in [-0.39, 0.29) is 11.9 Å². The summed E-state index contributed by atoms with van der Waals surface area (Å²) in [7, 11) is 4.70. The molecule has 0 atom stereocenters. The van der Waals surface area contributed by atoms with Crippen molar-refractivity contribution in [2.75, 3.05) is 47.5 Å². The van der Waals surface area contributed by atoms with Crippen molar-refractivity contribution in [3.05, 3.63) is 53.6 Å². The molecule has 0 aromatic heterocycles. The fourth-order valence-electron chi connectivity index (χ4n) is 3.33. The number of nitrogens with zero attached hydrogens (tertiary/aromatic N) is 2. The molecule has 0 radical (unpaired) electrons. The molecule has 8 nitrogen and oxygen atoms in total. The van der Waals surface area contributed by atoms with Crippen LogP contribution in [0.2, 0.25) is 0 Å². The number of rotatable bonds is 6. The molecule has 3 amide bonds. The molecule has 3 rings (SSSR count). The second-order valence-electron chi connectivity index (χ2n) is 6.86. The maximum atomic E-state index is 12.9. The minimum absolute atomic E-state index is 0.119. The monoisotopic (exact) mass is 413 g/mol. The number of nitrogens with one attached hydrogen (secondary N) is 1. The lowest BCUT2D eigenvalue weighted by Gasteiger charge is -2.35. The molecule has 0 spiro atoms. The van der Waals surface area contributed by atoms with Crippen LogP contribution in [0.3, 0.4) is 0 Å². The average Bonchev–Trinajstić information content (AvgIpc) is 2.81. The number of urea groups is 1. The molecule has 160 valence electrons. The fourth-order valence-corrected chi connectivity index (χ4v) is 3.33. The molecule has 1 fully saturated rings. The highest BCUT2D eigenvalue weighted by molar-refractivity contribution is 5.97. The van der Waals surface area contributed by atoms with Gasteiger partial charge in [0.2, 0.25) is 0 Å². The lowest BCUT2D eigenvalue weighted by molar-refractivity contribution is 0.0661. The van der Waals surface area contributed by atoms with Gasteiger partial charge in [-0.3, -0.25) is 4.79 Å². The Balaban J connectivity index is 1.54. The highest BCUT2D eigenvalue weighted by Crippen LogP contribution is 2.26. The Morgan fingerprint density at radius 2 is 1.53 bits per heavy atom. The summed E-state index contributed by atoms with van der Waals surface area (Å²) >= 11 is 0. The Hall–Kier alpha value is -3.42. The molecular formula is C22H27N3O5. The van der Waals surface area contributed by atoms with Gasteiger partial charge in [0.15, 0.2) is 0 Å². The van der Waals surface area contributed by atoms with Crippen LogP contribution < -0.4 is 19.5 Å². The van der Waals surface area contributed by atoms with Crippen molar-refractivity contribution in [2.24, 2.45) is 0 Å². The number of benzene rings is 2.